The van der Waals surface area contributed by atoms with E-state index in [1.165, 1.54) is 0 Å². The minimum absolute atomic E-state index is 0.241. The molecule has 116 valence electrons. The molecule has 0 saturated heterocycles. The molecule has 1 aliphatic heterocycles. The topological polar surface area (TPSA) is 44.8 Å². The van der Waals surface area contributed by atoms with Crippen LogP contribution in [0.15, 0.2) is 60.9 Å². The van der Waals surface area contributed by atoms with Gasteiger partial charge in [0.1, 0.15) is 29.6 Å². The second kappa shape index (κ2) is 6.40. The zero-order valence-electron chi connectivity index (χ0n) is 12.7. The molecule has 1 aliphatic rings. The fourth-order valence-electron chi connectivity index (χ4n) is 2.41. The van der Waals surface area contributed by atoms with Crippen LogP contribution in [0.1, 0.15) is 11.1 Å². The van der Waals surface area contributed by atoms with Crippen LogP contribution in [0, 0.1) is 0 Å². The summed E-state index contributed by atoms with van der Waals surface area (Å²) in [6.07, 6.45) is 0.777. The van der Waals surface area contributed by atoms with Crippen molar-refractivity contribution in [3.8, 4) is 11.5 Å². The first-order valence-electron chi connectivity index (χ1n) is 7.14. The molecule has 0 atom stereocenters. The van der Waals surface area contributed by atoms with Gasteiger partial charge in [-0.15, -0.1) is 0 Å². The van der Waals surface area contributed by atoms with Crippen molar-refractivity contribution in [2.75, 3.05) is 13.7 Å². The number of carbonyl (C=O) groups is 1. The first-order chi connectivity index (χ1) is 11.2. The van der Waals surface area contributed by atoms with Crippen LogP contribution in [0.4, 0.5) is 0 Å². The summed E-state index contributed by atoms with van der Waals surface area (Å²) in [6.45, 7) is 4.07. The number of hydrogen-bond donors (Lipinski definition) is 0. The van der Waals surface area contributed by atoms with Crippen LogP contribution in [-0.2, 0) is 9.53 Å². The molecule has 2 aromatic carbocycles. The Morgan fingerprint density at radius 1 is 1.22 bits per heavy atom. The van der Waals surface area contributed by atoms with Gasteiger partial charge in [0.25, 0.3) is 0 Å². The summed E-state index contributed by atoms with van der Waals surface area (Å²) >= 11 is 0. The third kappa shape index (κ3) is 2.97. The molecule has 0 fully saturated rings. The first kappa shape index (κ1) is 14.9. The van der Waals surface area contributed by atoms with Crippen molar-refractivity contribution in [2.45, 2.75) is 0 Å². The zero-order chi connectivity index (χ0) is 16.2. The molecule has 23 heavy (non-hydrogen) atoms. The van der Waals surface area contributed by atoms with Gasteiger partial charge >= 0.3 is 0 Å². The Balaban J connectivity index is 2.22. The zero-order valence-corrected chi connectivity index (χ0v) is 12.7. The average molecular weight is 308 g/mol. The number of carbonyl (C=O) groups excluding carboxylic acids is 1. The van der Waals surface area contributed by atoms with E-state index >= 15 is 0 Å². The number of allylic oxidation sites excluding steroid dienone is 1. The molecule has 0 spiro atoms. The number of para-hydroxylation sites is 1. The fraction of sp³-hybridized carbons (Fsp3) is 0.105. The van der Waals surface area contributed by atoms with Crippen LogP contribution in [-0.4, -0.2) is 20.0 Å². The van der Waals surface area contributed by atoms with Gasteiger partial charge in [-0.2, -0.15) is 0 Å². The van der Waals surface area contributed by atoms with Gasteiger partial charge in [-0.1, -0.05) is 30.8 Å². The van der Waals surface area contributed by atoms with Crippen molar-refractivity contribution in [3.05, 3.63) is 72.0 Å². The molecular formula is C19H16O4. The van der Waals surface area contributed by atoms with Gasteiger partial charge in [-0.25, -0.2) is 0 Å². The highest BCUT2D eigenvalue weighted by atomic mass is 16.5. The van der Waals surface area contributed by atoms with Gasteiger partial charge in [-0.3, -0.25) is 4.79 Å². The normalized spacial score (nSPS) is 15.6. The van der Waals surface area contributed by atoms with Crippen molar-refractivity contribution >= 4 is 17.6 Å². The molecule has 0 N–H and O–H groups in total. The highest BCUT2D eigenvalue weighted by Crippen LogP contribution is 2.36. The Hall–Kier alpha value is -3.01. The summed E-state index contributed by atoms with van der Waals surface area (Å²) in [7, 11) is 1.58. The number of hydrogen-bond acceptors (Lipinski definition) is 4. The Morgan fingerprint density at radius 3 is 2.83 bits per heavy atom. The van der Waals surface area contributed by atoms with Crippen LogP contribution in [0.5, 0.6) is 11.5 Å². The molecule has 0 aliphatic carbocycles. The Labute approximate surface area is 134 Å². The lowest BCUT2D eigenvalue weighted by Gasteiger charge is -2.12. The van der Waals surface area contributed by atoms with Crippen LogP contribution in [0.2, 0.25) is 0 Å². The fourth-order valence-corrected chi connectivity index (χ4v) is 2.41. The summed E-state index contributed by atoms with van der Waals surface area (Å²) in [6, 6.07) is 14.7. The minimum atomic E-state index is 0.241. The Bertz CT molecular complexity index is 789. The molecule has 0 amide bonds. The van der Waals surface area contributed by atoms with E-state index in [0.29, 0.717) is 34.2 Å². The molecule has 0 saturated carbocycles. The van der Waals surface area contributed by atoms with Crippen LogP contribution in [0.25, 0.3) is 11.3 Å². The van der Waals surface area contributed by atoms with E-state index < -0.39 is 0 Å². The number of aldehydes is 1. The number of fused-ring (bicyclic) bond motifs is 1. The first-order valence-corrected chi connectivity index (χ1v) is 7.14. The third-order valence-corrected chi connectivity index (χ3v) is 3.51. The largest absolute Gasteiger partial charge is 0.497 e. The predicted octanol–water partition coefficient (Wildman–Crippen LogP) is 3.69. The van der Waals surface area contributed by atoms with Gasteiger partial charge in [0, 0.05) is 0 Å². The van der Waals surface area contributed by atoms with E-state index in [0.717, 1.165) is 11.8 Å². The smallest absolute Gasteiger partial charge is 0.154 e. The highest BCUT2D eigenvalue weighted by Gasteiger charge is 2.21. The van der Waals surface area contributed by atoms with E-state index in [2.05, 4.69) is 6.58 Å². The van der Waals surface area contributed by atoms with Crippen molar-refractivity contribution in [1.29, 1.82) is 0 Å². The van der Waals surface area contributed by atoms with E-state index in [1.807, 2.05) is 42.5 Å². The van der Waals surface area contributed by atoms with Crippen molar-refractivity contribution < 1.29 is 19.0 Å². The van der Waals surface area contributed by atoms with Gasteiger partial charge < -0.3 is 14.2 Å². The standard InChI is InChI=1S/C19H16O4/c1-13-12-22-18-9-4-3-8-16(18)19(23-13)17(11-20)14-6-5-7-15(10-14)21-2/h3-11H,1,12H2,2H3/b19-17+. The molecular weight excluding hydrogens is 292 g/mol. The molecule has 0 radical (unpaired) electrons. The lowest BCUT2D eigenvalue weighted by Crippen LogP contribution is -1.99. The number of ether oxygens (including phenoxy) is 3. The van der Waals surface area contributed by atoms with Gasteiger partial charge in [0.15, 0.2) is 6.29 Å². The molecule has 2 aromatic rings. The van der Waals surface area contributed by atoms with Gasteiger partial charge in [0.05, 0.1) is 18.2 Å². The number of benzene rings is 2. The number of methoxy groups -OCH3 is 1. The van der Waals surface area contributed by atoms with E-state index in [4.69, 9.17) is 14.2 Å². The molecule has 4 heteroatoms. The van der Waals surface area contributed by atoms with E-state index in [-0.39, 0.29) is 6.61 Å². The maximum Gasteiger partial charge on any atom is 0.154 e. The molecule has 0 aromatic heterocycles. The van der Waals surface area contributed by atoms with Crippen LogP contribution >= 0.6 is 0 Å². The lowest BCUT2D eigenvalue weighted by molar-refractivity contribution is -0.103. The Kier molecular flexibility index (Phi) is 4.15. The maximum atomic E-state index is 11.8. The Morgan fingerprint density at radius 2 is 2.04 bits per heavy atom. The van der Waals surface area contributed by atoms with Gasteiger partial charge in [0.2, 0.25) is 0 Å². The van der Waals surface area contributed by atoms with Crippen molar-refractivity contribution in [3.63, 3.8) is 0 Å². The van der Waals surface area contributed by atoms with Crippen molar-refractivity contribution in [1.82, 2.24) is 0 Å². The monoisotopic (exact) mass is 308 g/mol. The summed E-state index contributed by atoms with van der Waals surface area (Å²) < 4.78 is 16.7. The quantitative estimate of drug-likeness (QED) is 0.641. The summed E-state index contributed by atoms with van der Waals surface area (Å²) in [5.41, 5.74) is 1.85. The molecule has 4 nitrogen and oxygen atoms in total. The van der Waals surface area contributed by atoms with Crippen LogP contribution in [0.3, 0.4) is 0 Å². The average Bonchev–Trinajstić information content (AvgIpc) is 2.76. The summed E-state index contributed by atoms with van der Waals surface area (Å²) in [5.74, 6) is 2.20. The summed E-state index contributed by atoms with van der Waals surface area (Å²) in [5, 5.41) is 0. The second-order valence-corrected chi connectivity index (χ2v) is 5.02. The molecule has 0 bridgehead atoms. The molecule has 0 unspecified atom stereocenters. The van der Waals surface area contributed by atoms with E-state index in [1.54, 1.807) is 13.2 Å². The summed E-state index contributed by atoms with van der Waals surface area (Å²) in [4.78, 5) is 11.8. The van der Waals surface area contributed by atoms with Crippen LogP contribution < -0.4 is 9.47 Å². The second-order valence-electron chi connectivity index (χ2n) is 5.02. The highest BCUT2D eigenvalue weighted by molar-refractivity contribution is 6.16. The predicted molar refractivity (Wildman–Crippen MR) is 88.0 cm³/mol. The minimum Gasteiger partial charge on any atom is -0.497 e. The van der Waals surface area contributed by atoms with Crippen molar-refractivity contribution in [2.24, 2.45) is 0 Å². The SMILES string of the molecule is C=C1COc2ccccc2/C(=C(/C=O)c2cccc(OC)c2)O1. The lowest BCUT2D eigenvalue weighted by atomic mass is 10.0. The molecule has 3 rings (SSSR count). The number of rotatable bonds is 3. The molecule has 1 heterocycles. The van der Waals surface area contributed by atoms with E-state index in [9.17, 15) is 4.79 Å². The third-order valence-electron chi connectivity index (χ3n) is 3.51. The maximum absolute atomic E-state index is 11.8. The van der Waals surface area contributed by atoms with Gasteiger partial charge in [-0.05, 0) is 29.8 Å².